The van der Waals surface area contributed by atoms with Gasteiger partial charge in [-0.25, -0.2) is 4.79 Å². The maximum absolute atomic E-state index is 12.1. The summed E-state index contributed by atoms with van der Waals surface area (Å²) >= 11 is 0. The Labute approximate surface area is 158 Å². The van der Waals surface area contributed by atoms with E-state index in [0.29, 0.717) is 32.5 Å². The van der Waals surface area contributed by atoms with Crippen molar-refractivity contribution in [2.45, 2.75) is 51.8 Å². The molecule has 148 valence electrons. The zero-order valence-corrected chi connectivity index (χ0v) is 16.1. The maximum Gasteiger partial charge on any atom is 0.410 e. The summed E-state index contributed by atoms with van der Waals surface area (Å²) in [6, 6.07) is -0.430. The van der Waals surface area contributed by atoms with Gasteiger partial charge in [0.15, 0.2) is 0 Å². The number of nitrogens with one attached hydrogen (secondary N) is 1. The van der Waals surface area contributed by atoms with Gasteiger partial charge in [-0.05, 0) is 27.2 Å². The van der Waals surface area contributed by atoms with Crippen LogP contribution in [0.4, 0.5) is 4.79 Å². The van der Waals surface area contributed by atoms with Crippen LogP contribution in [-0.2, 0) is 20.9 Å². The number of hydrogen-bond donors (Lipinski definition) is 1. The molecule has 9 heteroatoms. The van der Waals surface area contributed by atoms with Gasteiger partial charge in [0, 0.05) is 50.9 Å². The third-order valence-electron chi connectivity index (χ3n) is 4.61. The van der Waals surface area contributed by atoms with Crippen LogP contribution in [0.5, 0.6) is 0 Å². The number of amides is 3. The van der Waals surface area contributed by atoms with Crippen molar-refractivity contribution in [1.29, 1.82) is 0 Å². The molecule has 2 aliphatic heterocycles. The normalized spacial score (nSPS) is 21.9. The van der Waals surface area contributed by atoms with E-state index in [0.717, 1.165) is 18.7 Å². The van der Waals surface area contributed by atoms with Crippen molar-refractivity contribution in [3.8, 4) is 0 Å². The molecular weight excluding hydrogens is 350 g/mol. The Morgan fingerprint density at radius 3 is 2.59 bits per heavy atom. The van der Waals surface area contributed by atoms with Crippen LogP contribution in [0.1, 0.15) is 45.2 Å². The van der Waals surface area contributed by atoms with E-state index in [9.17, 15) is 14.4 Å². The molecule has 0 spiro atoms. The van der Waals surface area contributed by atoms with E-state index in [2.05, 4.69) is 15.3 Å². The maximum atomic E-state index is 12.1. The van der Waals surface area contributed by atoms with E-state index in [1.165, 1.54) is 0 Å². The first kappa shape index (κ1) is 19.3. The van der Waals surface area contributed by atoms with E-state index < -0.39 is 11.6 Å². The van der Waals surface area contributed by atoms with Gasteiger partial charge in [-0.2, -0.15) is 5.10 Å². The highest BCUT2D eigenvalue weighted by Crippen LogP contribution is 2.19. The van der Waals surface area contributed by atoms with Crippen LogP contribution in [-0.4, -0.2) is 69.3 Å². The van der Waals surface area contributed by atoms with Crippen LogP contribution in [0.15, 0.2) is 12.4 Å². The number of carbonyl (C=O) groups is 3. The Balaban J connectivity index is 1.50. The Kier molecular flexibility index (Phi) is 5.50. The van der Waals surface area contributed by atoms with E-state index in [1.54, 1.807) is 15.8 Å². The molecule has 0 saturated carbocycles. The predicted octanol–water partition coefficient (Wildman–Crippen LogP) is 0.914. The molecule has 1 N–H and O–H groups in total. The van der Waals surface area contributed by atoms with E-state index in [-0.39, 0.29) is 17.9 Å². The number of imide groups is 1. The summed E-state index contributed by atoms with van der Waals surface area (Å²) in [5.41, 5.74) is 0.518. The van der Waals surface area contributed by atoms with Gasteiger partial charge in [0.05, 0.1) is 6.20 Å². The molecule has 2 saturated heterocycles. The molecule has 27 heavy (non-hydrogen) atoms. The zero-order valence-electron chi connectivity index (χ0n) is 16.1. The van der Waals surface area contributed by atoms with E-state index in [4.69, 9.17) is 4.74 Å². The summed E-state index contributed by atoms with van der Waals surface area (Å²) < 4.78 is 7.05. The number of nitrogens with zero attached hydrogens (tertiary/aromatic N) is 4. The second-order valence-electron chi connectivity index (χ2n) is 8.04. The Hall–Kier alpha value is -2.42. The van der Waals surface area contributed by atoms with Crippen LogP contribution in [0.25, 0.3) is 0 Å². The quantitative estimate of drug-likeness (QED) is 0.787. The molecule has 9 nitrogen and oxygen atoms in total. The Bertz CT molecular complexity index is 716. The molecule has 1 aromatic rings. The third kappa shape index (κ3) is 5.06. The van der Waals surface area contributed by atoms with Crippen LogP contribution < -0.4 is 5.32 Å². The summed E-state index contributed by atoms with van der Waals surface area (Å²) in [6.45, 7) is 9.04. The average Bonchev–Trinajstić information content (AvgIpc) is 3.02. The van der Waals surface area contributed by atoms with Crippen LogP contribution >= 0.6 is 0 Å². The number of rotatable bonds is 3. The number of hydrogen-bond acceptors (Lipinski definition) is 6. The second-order valence-corrected chi connectivity index (χ2v) is 8.04. The van der Waals surface area contributed by atoms with Gasteiger partial charge in [-0.1, -0.05) is 0 Å². The minimum absolute atomic E-state index is 0.230. The van der Waals surface area contributed by atoms with Gasteiger partial charge in [0.2, 0.25) is 5.91 Å². The summed E-state index contributed by atoms with van der Waals surface area (Å²) in [5, 5.41) is 6.65. The van der Waals surface area contributed by atoms with Crippen molar-refractivity contribution in [3.63, 3.8) is 0 Å². The fourth-order valence-electron chi connectivity index (χ4n) is 3.24. The van der Waals surface area contributed by atoms with Crippen LogP contribution in [0.3, 0.4) is 0 Å². The minimum atomic E-state index is -0.487. The van der Waals surface area contributed by atoms with Crippen LogP contribution in [0, 0.1) is 0 Å². The molecule has 3 heterocycles. The molecule has 3 rings (SSSR count). The fraction of sp³-hybridized carbons (Fsp3) is 0.667. The monoisotopic (exact) mass is 377 g/mol. The van der Waals surface area contributed by atoms with Crippen molar-refractivity contribution in [2.75, 3.05) is 26.2 Å². The lowest BCUT2D eigenvalue weighted by Crippen LogP contribution is -2.49. The van der Waals surface area contributed by atoms with Gasteiger partial charge < -0.3 is 9.64 Å². The third-order valence-corrected chi connectivity index (χ3v) is 4.61. The lowest BCUT2D eigenvalue weighted by atomic mass is 10.1. The van der Waals surface area contributed by atoms with Gasteiger partial charge >= 0.3 is 6.09 Å². The summed E-state index contributed by atoms with van der Waals surface area (Å²) in [7, 11) is 0. The van der Waals surface area contributed by atoms with Crippen molar-refractivity contribution >= 4 is 17.9 Å². The molecule has 2 fully saturated rings. The largest absolute Gasteiger partial charge is 0.444 e. The lowest BCUT2D eigenvalue weighted by molar-refractivity contribution is -0.135. The SMILES string of the molecule is CC(C)(C)OC(=O)N1CCN(Cc2cnn(C3CCC(=O)NC3=O)c2)CC1. The number of ether oxygens (including phenoxy) is 1. The standard InChI is InChI=1S/C18H27N5O4/c1-18(2,3)27-17(26)22-8-6-21(7-9-22)11-13-10-19-23(12-13)14-4-5-15(24)20-16(14)25/h10,12,14H,4-9,11H2,1-3H3,(H,20,24,25). The molecule has 2 aliphatic rings. The second kappa shape index (κ2) is 7.67. The van der Waals surface area contributed by atoms with Crippen LogP contribution in [0.2, 0.25) is 0 Å². The number of piperidine rings is 1. The first-order valence-corrected chi connectivity index (χ1v) is 9.28. The van der Waals surface area contributed by atoms with Gasteiger partial charge in [0.1, 0.15) is 11.6 Å². The highest BCUT2D eigenvalue weighted by molar-refractivity contribution is 5.99. The smallest absolute Gasteiger partial charge is 0.410 e. The molecule has 1 atom stereocenters. The highest BCUT2D eigenvalue weighted by atomic mass is 16.6. The molecular formula is C18H27N5O4. The molecule has 0 aromatic carbocycles. The predicted molar refractivity (Wildman–Crippen MR) is 96.7 cm³/mol. The molecule has 0 aliphatic carbocycles. The van der Waals surface area contributed by atoms with Gasteiger partial charge in [-0.15, -0.1) is 0 Å². The summed E-state index contributed by atoms with van der Waals surface area (Å²) in [6.07, 6.45) is 4.15. The molecule has 0 bridgehead atoms. The lowest BCUT2D eigenvalue weighted by Gasteiger charge is -2.35. The number of aromatic nitrogens is 2. The zero-order chi connectivity index (χ0) is 19.6. The van der Waals surface area contributed by atoms with Crippen molar-refractivity contribution < 1.29 is 19.1 Å². The Morgan fingerprint density at radius 1 is 1.26 bits per heavy atom. The fourth-order valence-corrected chi connectivity index (χ4v) is 3.24. The molecule has 3 amide bonds. The van der Waals surface area contributed by atoms with E-state index in [1.807, 2.05) is 27.0 Å². The van der Waals surface area contributed by atoms with Gasteiger partial charge in [-0.3, -0.25) is 24.5 Å². The average molecular weight is 377 g/mol. The summed E-state index contributed by atoms with van der Waals surface area (Å²) in [5.74, 6) is -0.529. The minimum Gasteiger partial charge on any atom is -0.444 e. The van der Waals surface area contributed by atoms with E-state index >= 15 is 0 Å². The number of piperazine rings is 1. The summed E-state index contributed by atoms with van der Waals surface area (Å²) in [4.78, 5) is 39.3. The van der Waals surface area contributed by atoms with Gasteiger partial charge in [0.25, 0.3) is 5.91 Å². The Morgan fingerprint density at radius 2 is 1.96 bits per heavy atom. The molecule has 1 unspecified atom stereocenters. The topological polar surface area (TPSA) is 96.8 Å². The van der Waals surface area contributed by atoms with Crippen molar-refractivity contribution in [2.24, 2.45) is 0 Å². The molecule has 0 radical (unpaired) electrons. The van der Waals surface area contributed by atoms with Crippen molar-refractivity contribution in [3.05, 3.63) is 18.0 Å². The van der Waals surface area contributed by atoms with Crippen molar-refractivity contribution in [1.82, 2.24) is 24.9 Å². The first-order chi connectivity index (χ1) is 12.7. The number of carbonyl (C=O) groups excluding carboxylic acids is 3. The molecule has 1 aromatic heterocycles. The first-order valence-electron chi connectivity index (χ1n) is 9.28. The highest BCUT2D eigenvalue weighted by Gasteiger charge is 2.29.